The summed E-state index contributed by atoms with van der Waals surface area (Å²) in [6, 6.07) is 30.7. The van der Waals surface area contributed by atoms with E-state index in [0.29, 0.717) is 11.2 Å². The monoisotopic (exact) mass is 345 g/mol. The minimum atomic E-state index is 0.601. The Morgan fingerprint density at radius 1 is 0.741 bits per heavy atom. The zero-order valence-corrected chi connectivity index (χ0v) is 14.5. The lowest BCUT2D eigenvalue weighted by Crippen LogP contribution is -1.95. The fraction of sp³-hybridized carbons (Fsp3) is 0. The van der Waals surface area contributed by atoms with Gasteiger partial charge in [0.1, 0.15) is 11.6 Å². The van der Waals surface area contributed by atoms with E-state index in [9.17, 15) is 5.26 Å². The number of hydrogen-bond acceptors (Lipinski definition) is 2. The summed E-state index contributed by atoms with van der Waals surface area (Å²) in [7, 11) is 0. The second-order valence-electron chi connectivity index (χ2n) is 6.43. The number of benzene rings is 3. The molecule has 2 aromatic heterocycles. The van der Waals surface area contributed by atoms with Crippen molar-refractivity contribution in [3.8, 4) is 28.5 Å². The summed E-state index contributed by atoms with van der Waals surface area (Å²) in [6.07, 6.45) is 2.02. The summed E-state index contributed by atoms with van der Waals surface area (Å²) in [6.45, 7) is 0. The van der Waals surface area contributed by atoms with Crippen LogP contribution in [-0.4, -0.2) is 9.38 Å². The molecule has 3 nitrogen and oxygen atoms in total. The fourth-order valence-corrected chi connectivity index (χ4v) is 3.60. The molecule has 2 heterocycles. The molecular formula is C24H15N3. The Hall–Kier alpha value is -3.90. The predicted octanol–water partition coefficient (Wildman–Crippen LogP) is 5.69. The minimum Gasteiger partial charge on any atom is -0.299 e. The summed E-state index contributed by atoms with van der Waals surface area (Å²) in [5.41, 5.74) is 6.19. The van der Waals surface area contributed by atoms with Crippen LogP contribution in [0.5, 0.6) is 0 Å². The molecule has 0 saturated carbocycles. The average Bonchev–Trinajstić information content (AvgIpc) is 3.13. The van der Waals surface area contributed by atoms with Crippen molar-refractivity contribution in [2.45, 2.75) is 0 Å². The largest absolute Gasteiger partial charge is 0.299 e. The Kier molecular flexibility index (Phi) is 3.48. The molecule has 0 amide bonds. The first-order valence-corrected chi connectivity index (χ1v) is 8.81. The lowest BCUT2D eigenvalue weighted by Gasteiger charge is -2.09. The molecule has 0 aliphatic carbocycles. The van der Waals surface area contributed by atoms with Crippen LogP contribution in [-0.2, 0) is 0 Å². The molecule has 0 spiro atoms. The first-order chi connectivity index (χ1) is 13.4. The first kappa shape index (κ1) is 15.4. The molecule has 0 aliphatic rings. The molecule has 5 rings (SSSR count). The highest BCUT2D eigenvalue weighted by Gasteiger charge is 2.17. The van der Waals surface area contributed by atoms with Gasteiger partial charge < -0.3 is 0 Å². The summed E-state index contributed by atoms with van der Waals surface area (Å²) in [5, 5.41) is 11.0. The average molecular weight is 345 g/mol. The van der Waals surface area contributed by atoms with Crippen molar-refractivity contribution in [1.29, 1.82) is 5.26 Å². The van der Waals surface area contributed by atoms with Crippen molar-refractivity contribution in [2.24, 2.45) is 0 Å². The first-order valence-electron chi connectivity index (χ1n) is 8.81. The second-order valence-corrected chi connectivity index (χ2v) is 6.43. The minimum absolute atomic E-state index is 0.601. The smallest absolute Gasteiger partial charge is 0.156 e. The Labute approximate surface area is 156 Å². The molecule has 3 aromatic carbocycles. The van der Waals surface area contributed by atoms with Gasteiger partial charge in [-0.25, -0.2) is 4.98 Å². The van der Waals surface area contributed by atoms with E-state index in [1.807, 2.05) is 71.3 Å². The summed E-state index contributed by atoms with van der Waals surface area (Å²) < 4.78 is 2.03. The van der Waals surface area contributed by atoms with Crippen LogP contribution in [0, 0.1) is 11.3 Å². The maximum absolute atomic E-state index is 9.90. The molecule has 3 heteroatoms. The van der Waals surface area contributed by atoms with Crippen LogP contribution in [0.25, 0.3) is 38.9 Å². The van der Waals surface area contributed by atoms with Crippen molar-refractivity contribution in [3.63, 3.8) is 0 Å². The number of fused-ring (bicyclic) bond motifs is 3. The molecule has 0 atom stereocenters. The van der Waals surface area contributed by atoms with E-state index in [0.717, 1.165) is 33.3 Å². The van der Waals surface area contributed by atoms with E-state index in [1.165, 1.54) is 0 Å². The van der Waals surface area contributed by atoms with Crippen molar-refractivity contribution in [1.82, 2.24) is 9.38 Å². The SMILES string of the molecule is N#Cc1c(-c2ccccc2)cn2c1nc(-c1ccccc1)c1ccccc12. The third-order valence-corrected chi connectivity index (χ3v) is 4.86. The van der Waals surface area contributed by atoms with Gasteiger partial charge in [-0.05, 0) is 11.6 Å². The Balaban J connectivity index is 1.93. The van der Waals surface area contributed by atoms with Gasteiger partial charge in [-0.15, -0.1) is 0 Å². The molecular weight excluding hydrogens is 330 g/mol. The van der Waals surface area contributed by atoms with Crippen molar-refractivity contribution in [2.75, 3.05) is 0 Å². The van der Waals surface area contributed by atoms with Crippen molar-refractivity contribution >= 4 is 16.6 Å². The van der Waals surface area contributed by atoms with Gasteiger partial charge in [-0.3, -0.25) is 4.40 Å². The molecule has 0 unspecified atom stereocenters. The number of nitriles is 1. The number of para-hydroxylation sites is 1. The van der Waals surface area contributed by atoms with E-state index < -0.39 is 0 Å². The molecule has 0 saturated heterocycles. The summed E-state index contributed by atoms with van der Waals surface area (Å²) in [4.78, 5) is 4.93. The van der Waals surface area contributed by atoms with Gasteiger partial charge in [0.15, 0.2) is 5.65 Å². The standard InChI is InChI=1S/C24H15N3/c25-15-20-21(17-9-3-1-4-10-17)16-27-22-14-8-7-13-19(22)23(26-24(20)27)18-11-5-2-6-12-18/h1-14,16H. The van der Waals surface area contributed by atoms with Crippen LogP contribution in [0.3, 0.4) is 0 Å². The number of hydrogen-bond donors (Lipinski definition) is 0. The zero-order valence-electron chi connectivity index (χ0n) is 14.5. The van der Waals surface area contributed by atoms with Gasteiger partial charge in [0, 0.05) is 22.7 Å². The van der Waals surface area contributed by atoms with Gasteiger partial charge in [-0.2, -0.15) is 5.26 Å². The second kappa shape index (κ2) is 6.12. The third-order valence-electron chi connectivity index (χ3n) is 4.86. The highest BCUT2D eigenvalue weighted by atomic mass is 15.0. The Bertz CT molecular complexity index is 1310. The maximum atomic E-state index is 9.90. The Morgan fingerprint density at radius 2 is 1.37 bits per heavy atom. The predicted molar refractivity (Wildman–Crippen MR) is 108 cm³/mol. The van der Waals surface area contributed by atoms with E-state index in [2.05, 4.69) is 30.3 Å². The molecule has 0 radical (unpaired) electrons. The molecule has 0 fully saturated rings. The van der Waals surface area contributed by atoms with Gasteiger partial charge in [0.25, 0.3) is 0 Å². The topological polar surface area (TPSA) is 41.1 Å². The van der Waals surface area contributed by atoms with E-state index in [-0.39, 0.29) is 0 Å². The van der Waals surface area contributed by atoms with Gasteiger partial charge in [0.2, 0.25) is 0 Å². The highest BCUT2D eigenvalue weighted by Crippen LogP contribution is 2.33. The van der Waals surface area contributed by atoms with Gasteiger partial charge >= 0.3 is 0 Å². The molecule has 0 bridgehead atoms. The van der Waals surface area contributed by atoms with Crippen molar-refractivity contribution < 1.29 is 0 Å². The quantitative estimate of drug-likeness (QED) is 0.412. The third kappa shape index (κ3) is 2.39. The van der Waals surface area contributed by atoms with E-state index in [1.54, 1.807) is 0 Å². The summed E-state index contributed by atoms with van der Waals surface area (Å²) >= 11 is 0. The van der Waals surface area contributed by atoms with Crippen LogP contribution in [0.1, 0.15) is 5.56 Å². The van der Waals surface area contributed by atoms with Crippen molar-refractivity contribution in [3.05, 3.63) is 96.7 Å². The molecule has 0 aliphatic heterocycles. The van der Waals surface area contributed by atoms with E-state index in [4.69, 9.17) is 4.98 Å². The normalized spacial score (nSPS) is 10.9. The highest BCUT2D eigenvalue weighted by molar-refractivity contribution is 5.96. The number of aromatic nitrogens is 2. The molecule has 126 valence electrons. The number of rotatable bonds is 2. The Morgan fingerprint density at radius 3 is 2.07 bits per heavy atom. The van der Waals surface area contributed by atoms with Gasteiger partial charge in [0.05, 0.1) is 11.2 Å². The van der Waals surface area contributed by atoms with Crippen LogP contribution in [0.4, 0.5) is 0 Å². The maximum Gasteiger partial charge on any atom is 0.156 e. The van der Waals surface area contributed by atoms with Crippen LogP contribution in [0.15, 0.2) is 91.1 Å². The zero-order chi connectivity index (χ0) is 18.2. The van der Waals surface area contributed by atoms with Crippen LogP contribution >= 0.6 is 0 Å². The molecule has 0 N–H and O–H groups in total. The van der Waals surface area contributed by atoms with Crippen LogP contribution in [0.2, 0.25) is 0 Å². The summed E-state index contributed by atoms with van der Waals surface area (Å²) in [5.74, 6) is 0. The lowest BCUT2D eigenvalue weighted by atomic mass is 10.0. The fourth-order valence-electron chi connectivity index (χ4n) is 3.60. The van der Waals surface area contributed by atoms with Crippen LogP contribution < -0.4 is 0 Å². The van der Waals surface area contributed by atoms with Gasteiger partial charge in [-0.1, -0.05) is 78.9 Å². The number of nitrogens with zero attached hydrogens (tertiary/aromatic N) is 3. The lowest BCUT2D eigenvalue weighted by molar-refractivity contribution is 1.20. The molecule has 5 aromatic rings. The molecule has 27 heavy (non-hydrogen) atoms. The van der Waals surface area contributed by atoms with E-state index >= 15 is 0 Å².